The third-order valence-electron chi connectivity index (χ3n) is 4.65. The van der Waals surface area contributed by atoms with Gasteiger partial charge in [0, 0.05) is 0 Å². The largest absolute Gasteiger partial charge is 0.208 e. The highest BCUT2D eigenvalue weighted by molar-refractivity contribution is 9.10. The topological polar surface area (TPSA) is 0 Å². The van der Waals surface area contributed by atoms with Crippen molar-refractivity contribution in [3.63, 3.8) is 0 Å². The summed E-state index contributed by atoms with van der Waals surface area (Å²) in [5.74, 6) is -0.269. The minimum atomic E-state index is -0.175. The third-order valence-corrected chi connectivity index (χ3v) is 5.29. The number of hydrogen-bond donors (Lipinski definition) is 0. The van der Waals surface area contributed by atoms with Gasteiger partial charge >= 0.3 is 0 Å². The molecule has 2 aromatic rings. The van der Waals surface area contributed by atoms with Crippen LogP contribution in [0.1, 0.15) is 56.1 Å². The van der Waals surface area contributed by atoms with Gasteiger partial charge in [-0.1, -0.05) is 55.8 Å². The molecule has 2 aromatic carbocycles. The van der Waals surface area contributed by atoms with E-state index in [-0.39, 0.29) is 11.6 Å². The van der Waals surface area contributed by atoms with Gasteiger partial charge in [-0.2, -0.15) is 0 Å². The summed E-state index contributed by atoms with van der Waals surface area (Å²) in [6.45, 7) is 0. The van der Waals surface area contributed by atoms with Gasteiger partial charge in [-0.05, 0) is 70.9 Å². The summed E-state index contributed by atoms with van der Waals surface area (Å²) >= 11 is 3.18. The summed E-state index contributed by atoms with van der Waals surface area (Å²) in [6.07, 6.45) is 10.3. The highest BCUT2D eigenvalue weighted by Gasteiger charge is 2.01. The van der Waals surface area contributed by atoms with E-state index in [1.807, 2.05) is 18.2 Å². The predicted molar refractivity (Wildman–Crippen MR) is 108 cm³/mol. The molecule has 0 unspecified atom stereocenters. The van der Waals surface area contributed by atoms with Crippen LogP contribution in [0.15, 0.2) is 40.9 Å². The Morgan fingerprint density at radius 2 is 1.16 bits per heavy atom. The number of rotatable bonds is 10. The second-order valence-corrected chi connectivity index (χ2v) is 7.66. The number of halogens is 3. The SMILES string of the molecule is Bc1ccc(CCCCCCCCCc2ccc(Br)c(F)c2)cc1F. The number of aryl methyl sites for hydroxylation is 2. The van der Waals surface area contributed by atoms with Gasteiger partial charge in [0.25, 0.3) is 0 Å². The van der Waals surface area contributed by atoms with Crippen LogP contribution in [-0.4, -0.2) is 7.85 Å². The predicted octanol–water partition coefficient (Wildman–Crippen LogP) is 5.50. The van der Waals surface area contributed by atoms with E-state index in [2.05, 4.69) is 15.9 Å². The molecule has 25 heavy (non-hydrogen) atoms. The Morgan fingerprint density at radius 3 is 1.68 bits per heavy atom. The quantitative estimate of drug-likeness (QED) is 0.361. The van der Waals surface area contributed by atoms with Gasteiger partial charge in [-0.3, -0.25) is 0 Å². The summed E-state index contributed by atoms with van der Waals surface area (Å²) in [4.78, 5) is 0. The van der Waals surface area contributed by atoms with Crippen molar-refractivity contribution in [2.45, 2.75) is 57.8 Å². The van der Waals surface area contributed by atoms with Crippen molar-refractivity contribution in [1.29, 1.82) is 0 Å². The van der Waals surface area contributed by atoms with Gasteiger partial charge < -0.3 is 0 Å². The number of unbranched alkanes of at least 4 members (excludes halogenated alkanes) is 6. The van der Waals surface area contributed by atoms with Gasteiger partial charge in [-0.15, -0.1) is 0 Å². The third kappa shape index (κ3) is 7.31. The second kappa shape index (κ2) is 10.8. The molecule has 0 spiro atoms. The molecule has 0 saturated carbocycles. The molecule has 0 fully saturated rings. The first kappa shape index (κ1) is 20.2. The molecule has 0 saturated heterocycles. The lowest BCUT2D eigenvalue weighted by atomic mass is 9.93. The molecule has 0 nitrogen and oxygen atoms in total. The van der Waals surface area contributed by atoms with E-state index < -0.39 is 0 Å². The molecule has 4 heteroatoms. The summed E-state index contributed by atoms with van der Waals surface area (Å²) in [6, 6.07) is 11.0. The van der Waals surface area contributed by atoms with Crippen molar-refractivity contribution in [2.75, 3.05) is 0 Å². The molecule has 0 N–H and O–H groups in total. The lowest BCUT2D eigenvalue weighted by Crippen LogP contribution is -2.08. The van der Waals surface area contributed by atoms with Crippen LogP contribution >= 0.6 is 15.9 Å². The number of benzene rings is 2. The monoisotopic (exact) mass is 406 g/mol. The van der Waals surface area contributed by atoms with Crippen LogP contribution in [-0.2, 0) is 12.8 Å². The van der Waals surface area contributed by atoms with E-state index in [1.165, 1.54) is 32.1 Å². The normalized spacial score (nSPS) is 11.0. The van der Waals surface area contributed by atoms with E-state index in [0.717, 1.165) is 42.3 Å². The Labute approximate surface area is 159 Å². The highest BCUT2D eigenvalue weighted by atomic mass is 79.9. The molecule has 0 aliphatic heterocycles. The van der Waals surface area contributed by atoms with Crippen LogP contribution in [0.2, 0.25) is 0 Å². The molecule has 0 atom stereocenters. The van der Waals surface area contributed by atoms with Crippen molar-refractivity contribution in [1.82, 2.24) is 0 Å². The summed E-state index contributed by atoms with van der Waals surface area (Å²) in [7, 11) is 1.80. The van der Waals surface area contributed by atoms with Crippen molar-refractivity contribution in [2.24, 2.45) is 0 Å². The van der Waals surface area contributed by atoms with Gasteiger partial charge in [0.1, 0.15) is 19.5 Å². The first-order chi connectivity index (χ1) is 12.1. The molecule has 0 aliphatic rings. The summed E-state index contributed by atoms with van der Waals surface area (Å²) in [5.41, 5.74) is 2.89. The van der Waals surface area contributed by atoms with Gasteiger partial charge in [0.15, 0.2) is 0 Å². The molecular formula is C21H26BBrF2. The Morgan fingerprint density at radius 1 is 0.680 bits per heavy atom. The van der Waals surface area contributed by atoms with Crippen LogP contribution < -0.4 is 5.46 Å². The van der Waals surface area contributed by atoms with Crippen molar-refractivity contribution >= 4 is 29.2 Å². The van der Waals surface area contributed by atoms with Gasteiger partial charge in [0.05, 0.1) is 4.47 Å². The van der Waals surface area contributed by atoms with E-state index in [0.29, 0.717) is 4.47 Å². The average molecular weight is 407 g/mol. The van der Waals surface area contributed by atoms with Crippen molar-refractivity contribution < 1.29 is 8.78 Å². The molecule has 0 bridgehead atoms. The van der Waals surface area contributed by atoms with E-state index >= 15 is 0 Å². The fraction of sp³-hybridized carbons (Fsp3) is 0.429. The Bertz CT molecular complexity index is 615. The van der Waals surface area contributed by atoms with Crippen LogP contribution in [0.25, 0.3) is 0 Å². The standard InChI is InChI=1S/C21H26BBrF2/c22-18-12-10-16(14-20(18)24)8-6-4-2-1-3-5-7-9-17-11-13-19(23)21(25)15-17/h10-15H,1-9,22H2. The first-order valence-electron chi connectivity index (χ1n) is 9.25. The molecule has 0 aliphatic carbocycles. The van der Waals surface area contributed by atoms with Gasteiger partial charge in [0.2, 0.25) is 0 Å². The molecule has 2 rings (SSSR count). The van der Waals surface area contributed by atoms with E-state index in [1.54, 1.807) is 26.0 Å². The molecule has 0 radical (unpaired) electrons. The fourth-order valence-electron chi connectivity index (χ4n) is 3.03. The summed E-state index contributed by atoms with van der Waals surface area (Å²) in [5, 5.41) is 0. The lowest BCUT2D eigenvalue weighted by molar-refractivity contribution is 0.576. The maximum Gasteiger partial charge on any atom is 0.143 e. The number of hydrogen-bond acceptors (Lipinski definition) is 0. The molecular weight excluding hydrogens is 381 g/mol. The van der Waals surface area contributed by atoms with Crippen LogP contribution in [0, 0.1) is 11.6 Å². The first-order valence-corrected chi connectivity index (χ1v) is 10.0. The van der Waals surface area contributed by atoms with Crippen LogP contribution in [0.5, 0.6) is 0 Å². The fourth-order valence-corrected chi connectivity index (χ4v) is 3.28. The van der Waals surface area contributed by atoms with Crippen molar-refractivity contribution in [3.8, 4) is 0 Å². The molecule has 0 heterocycles. The zero-order valence-corrected chi connectivity index (χ0v) is 16.5. The zero-order valence-electron chi connectivity index (χ0n) is 15.0. The van der Waals surface area contributed by atoms with Crippen molar-refractivity contribution in [3.05, 3.63) is 63.6 Å². The lowest BCUT2D eigenvalue weighted by Gasteiger charge is -2.05. The summed E-state index contributed by atoms with van der Waals surface area (Å²) < 4.78 is 27.4. The Balaban J connectivity index is 1.49. The molecule has 0 amide bonds. The van der Waals surface area contributed by atoms with E-state index in [4.69, 9.17) is 0 Å². The molecule has 134 valence electrons. The highest BCUT2D eigenvalue weighted by Crippen LogP contribution is 2.18. The average Bonchev–Trinajstić information content (AvgIpc) is 2.59. The maximum atomic E-state index is 13.5. The smallest absolute Gasteiger partial charge is 0.143 e. The van der Waals surface area contributed by atoms with E-state index in [9.17, 15) is 8.78 Å². The maximum absolute atomic E-state index is 13.5. The Kier molecular flexibility index (Phi) is 8.67. The minimum Gasteiger partial charge on any atom is -0.208 e. The minimum absolute atomic E-state index is 0.0943. The second-order valence-electron chi connectivity index (χ2n) is 6.81. The molecule has 0 aromatic heterocycles. The van der Waals surface area contributed by atoms with Crippen LogP contribution in [0.3, 0.4) is 0 Å². The van der Waals surface area contributed by atoms with Gasteiger partial charge in [-0.25, -0.2) is 8.78 Å². The van der Waals surface area contributed by atoms with Crippen LogP contribution in [0.4, 0.5) is 8.78 Å². The zero-order chi connectivity index (χ0) is 18.1. The Hall–Kier alpha value is -1.16.